The van der Waals surface area contributed by atoms with Crippen LogP contribution >= 0.6 is 11.6 Å². The maximum absolute atomic E-state index is 11.4. The van der Waals surface area contributed by atoms with E-state index >= 15 is 0 Å². The number of carbonyl (C=O) groups excluding carboxylic acids is 2. The van der Waals surface area contributed by atoms with Gasteiger partial charge in [-0.3, -0.25) is 9.59 Å². The highest BCUT2D eigenvalue weighted by Gasteiger charge is 2.11. The van der Waals surface area contributed by atoms with Crippen LogP contribution in [0.4, 0.5) is 5.69 Å². The van der Waals surface area contributed by atoms with Gasteiger partial charge in [0.15, 0.2) is 0 Å². The Kier molecular flexibility index (Phi) is 4.78. The van der Waals surface area contributed by atoms with Crippen LogP contribution in [-0.2, 0) is 14.3 Å². The molecule has 0 aromatic heterocycles. The van der Waals surface area contributed by atoms with Crippen molar-refractivity contribution in [1.82, 2.24) is 0 Å². The molecule has 0 aliphatic heterocycles. The van der Waals surface area contributed by atoms with Crippen molar-refractivity contribution in [3.05, 3.63) is 23.2 Å². The molecule has 0 saturated heterocycles. The highest BCUT2D eigenvalue weighted by atomic mass is 35.5. The number of nitrogens with one attached hydrogen (secondary N) is 1. The van der Waals surface area contributed by atoms with Crippen LogP contribution in [0.15, 0.2) is 18.2 Å². The zero-order valence-corrected chi connectivity index (χ0v) is 9.95. The number of aromatic hydroxyl groups is 1. The van der Waals surface area contributed by atoms with Gasteiger partial charge < -0.3 is 15.2 Å². The first-order valence-corrected chi connectivity index (χ1v) is 5.34. The average Bonchev–Trinajstić information content (AvgIpc) is 2.22. The van der Waals surface area contributed by atoms with Crippen molar-refractivity contribution in [2.24, 2.45) is 0 Å². The van der Waals surface area contributed by atoms with Gasteiger partial charge in [0, 0.05) is 6.07 Å². The van der Waals surface area contributed by atoms with Crippen LogP contribution < -0.4 is 5.32 Å². The largest absolute Gasteiger partial charge is 0.508 e. The molecule has 0 fully saturated rings. The van der Waals surface area contributed by atoms with Crippen LogP contribution in [0.3, 0.4) is 0 Å². The molecule has 1 aromatic rings. The third kappa shape index (κ3) is 4.32. The fourth-order valence-electron chi connectivity index (χ4n) is 1.14. The molecule has 0 atom stereocenters. The SMILES string of the molecule is CCOC(=O)CC(=O)Nc1ccc(O)cc1Cl. The minimum atomic E-state index is -0.597. The van der Waals surface area contributed by atoms with Crippen molar-refractivity contribution in [3.63, 3.8) is 0 Å². The van der Waals surface area contributed by atoms with E-state index in [1.54, 1.807) is 6.92 Å². The number of hydrogen-bond acceptors (Lipinski definition) is 4. The van der Waals surface area contributed by atoms with Gasteiger partial charge in [-0.25, -0.2) is 0 Å². The lowest BCUT2D eigenvalue weighted by Gasteiger charge is -2.07. The number of carbonyl (C=O) groups is 2. The highest BCUT2D eigenvalue weighted by Crippen LogP contribution is 2.25. The quantitative estimate of drug-likeness (QED) is 0.491. The predicted molar refractivity (Wildman–Crippen MR) is 63.0 cm³/mol. The Morgan fingerprint density at radius 3 is 2.76 bits per heavy atom. The summed E-state index contributed by atoms with van der Waals surface area (Å²) in [6.07, 6.45) is -0.370. The van der Waals surface area contributed by atoms with Gasteiger partial charge in [-0.1, -0.05) is 11.6 Å². The summed E-state index contributed by atoms with van der Waals surface area (Å²) in [5.41, 5.74) is 0.332. The Bertz CT molecular complexity index is 433. The van der Waals surface area contributed by atoms with Crippen LogP contribution in [0.2, 0.25) is 5.02 Å². The van der Waals surface area contributed by atoms with E-state index in [0.717, 1.165) is 0 Å². The minimum Gasteiger partial charge on any atom is -0.508 e. The number of rotatable bonds is 4. The second-order valence-corrected chi connectivity index (χ2v) is 3.60. The molecule has 0 aliphatic rings. The topological polar surface area (TPSA) is 75.6 Å². The van der Waals surface area contributed by atoms with E-state index in [0.29, 0.717) is 5.69 Å². The van der Waals surface area contributed by atoms with Gasteiger partial charge >= 0.3 is 5.97 Å². The zero-order chi connectivity index (χ0) is 12.8. The molecule has 1 aromatic carbocycles. The van der Waals surface area contributed by atoms with Crippen molar-refractivity contribution in [1.29, 1.82) is 0 Å². The smallest absolute Gasteiger partial charge is 0.315 e. The molecule has 0 aliphatic carbocycles. The number of halogens is 1. The van der Waals surface area contributed by atoms with Crippen LogP contribution in [0.25, 0.3) is 0 Å². The maximum atomic E-state index is 11.4. The lowest BCUT2D eigenvalue weighted by atomic mass is 10.3. The van der Waals surface area contributed by atoms with E-state index in [-0.39, 0.29) is 23.8 Å². The molecule has 5 nitrogen and oxygen atoms in total. The lowest BCUT2D eigenvalue weighted by Crippen LogP contribution is -2.18. The number of amides is 1. The molecule has 2 N–H and O–H groups in total. The lowest BCUT2D eigenvalue weighted by molar-refractivity contribution is -0.145. The number of ether oxygens (including phenoxy) is 1. The van der Waals surface area contributed by atoms with Crippen LogP contribution in [0.5, 0.6) is 5.75 Å². The Morgan fingerprint density at radius 2 is 2.18 bits per heavy atom. The molecule has 1 rings (SSSR count). The van der Waals surface area contributed by atoms with E-state index in [1.165, 1.54) is 18.2 Å². The van der Waals surface area contributed by atoms with Crippen molar-refractivity contribution in [2.45, 2.75) is 13.3 Å². The zero-order valence-electron chi connectivity index (χ0n) is 9.20. The van der Waals surface area contributed by atoms with Gasteiger partial charge in [0.25, 0.3) is 0 Å². The molecule has 92 valence electrons. The van der Waals surface area contributed by atoms with E-state index in [2.05, 4.69) is 10.1 Å². The minimum absolute atomic E-state index is 0.00149. The van der Waals surface area contributed by atoms with Gasteiger partial charge in [0.05, 0.1) is 17.3 Å². The van der Waals surface area contributed by atoms with Gasteiger partial charge in [0.1, 0.15) is 12.2 Å². The number of anilines is 1. The Hall–Kier alpha value is -1.75. The summed E-state index contributed by atoms with van der Waals surface area (Å²) in [6, 6.07) is 4.12. The standard InChI is InChI=1S/C11H12ClNO4/c1-2-17-11(16)6-10(15)13-9-4-3-7(14)5-8(9)12/h3-5,14H,2,6H2,1H3,(H,13,15). The van der Waals surface area contributed by atoms with Crippen LogP contribution in [0.1, 0.15) is 13.3 Å². The van der Waals surface area contributed by atoms with E-state index in [9.17, 15) is 9.59 Å². The molecule has 0 saturated carbocycles. The maximum Gasteiger partial charge on any atom is 0.315 e. The molecule has 1 amide bonds. The van der Waals surface area contributed by atoms with E-state index in [4.69, 9.17) is 16.7 Å². The molecule has 0 unspecified atom stereocenters. The van der Waals surface area contributed by atoms with Crippen molar-refractivity contribution in [2.75, 3.05) is 11.9 Å². The monoisotopic (exact) mass is 257 g/mol. The molecule has 0 radical (unpaired) electrons. The first kappa shape index (κ1) is 13.3. The number of esters is 1. The van der Waals surface area contributed by atoms with Gasteiger partial charge in [-0.05, 0) is 19.1 Å². The third-order valence-electron chi connectivity index (χ3n) is 1.84. The third-order valence-corrected chi connectivity index (χ3v) is 2.15. The number of phenols is 1. The van der Waals surface area contributed by atoms with Gasteiger partial charge in [0.2, 0.25) is 5.91 Å². The van der Waals surface area contributed by atoms with Gasteiger partial charge in [-0.2, -0.15) is 0 Å². The number of benzene rings is 1. The molecule has 6 heteroatoms. The average molecular weight is 258 g/mol. The van der Waals surface area contributed by atoms with E-state index in [1.807, 2.05) is 0 Å². The summed E-state index contributed by atoms with van der Waals surface area (Å²) in [5, 5.41) is 11.8. The van der Waals surface area contributed by atoms with Crippen molar-refractivity contribution < 1.29 is 19.4 Å². The predicted octanol–water partition coefficient (Wildman–Crippen LogP) is 1.94. The van der Waals surface area contributed by atoms with Crippen molar-refractivity contribution >= 4 is 29.2 Å². The summed E-state index contributed by atoms with van der Waals surface area (Å²) in [4.78, 5) is 22.4. The van der Waals surface area contributed by atoms with Crippen LogP contribution in [-0.4, -0.2) is 23.6 Å². The van der Waals surface area contributed by atoms with Gasteiger partial charge in [-0.15, -0.1) is 0 Å². The molecule has 0 bridgehead atoms. The molecular formula is C11H12ClNO4. The molecule has 0 spiro atoms. The number of hydrogen-bond donors (Lipinski definition) is 2. The summed E-state index contributed by atoms with van der Waals surface area (Å²) >= 11 is 5.78. The Balaban J connectivity index is 2.59. The molecular weight excluding hydrogens is 246 g/mol. The Labute approximate surface area is 103 Å². The summed E-state index contributed by atoms with van der Waals surface area (Å²) in [6.45, 7) is 1.89. The second-order valence-electron chi connectivity index (χ2n) is 3.19. The normalized spacial score (nSPS) is 9.76. The van der Waals surface area contributed by atoms with Crippen molar-refractivity contribution in [3.8, 4) is 5.75 Å². The second kappa shape index (κ2) is 6.10. The van der Waals surface area contributed by atoms with E-state index < -0.39 is 11.9 Å². The number of phenolic OH excluding ortho intramolecular Hbond substituents is 1. The van der Waals surface area contributed by atoms with Crippen LogP contribution in [0, 0.1) is 0 Å². The first-order valence-electron chi connectivity index (χ1n) is 4.97. The Morgan fingerprint density at radius 1 is 1.47 bits per heavy atom. The fraction of sp³-hybridized carbons (Fsp3) is 0.273. The highest BCUT2D eigenvalue weighted by molar-refractivity contribution is 6.33. The summed E-state index contributed by atoms with van der Waals surface area (Å²) in [7, 11) is 0. The molecule has 17 heavy (non-hydrogen) atoms. The first-order chi connectivity index (χ1) is 8.02. The molecule has 0 heterocycles. The summed E-state index contributed by atoms with van der Waals surface area (Å²) < 4.78 is 4.63. The fourth-order valence-corrected chi connectivity index (χ4v) is 1.36. The summed E-state index contributed by atoms with van der Waals surface area (Å²) in [5.74, 6) is -1.12.